The van der Waals surface area contributed by atoms with Crippen molar-refractivity contribution < 1.29 is 18.6 Å². The van der Waals surface area contributed by atoms with E-state index >= 15 is 0 Å². The molecule has 0 aliphatic carbocycles. The largest absolute Gasteiger partial charge is 0.493 e. The Hall–Kier alpha value is -1.95. The summed E-state index contributed by atoms with van der Waals surface area (Å²) in [6, 6.07) is 7.87. The molecule has 2 aromatic carbocycles. The minimum atomic E-state index is -0.457. The van der Waals surface area contributed by atoms with Gasteiger partial charge in [0.2, 0.25) is 5.75 Å². The first-order valence-electron chi connectivity index (χ1n) is 5.70. The van der Waals surface area contributed by atoms with Crippen LogP contribution in [0.5, 0.6) is 23.0 Å². The van der Waals surface area contributed by atoms with Crippen molar-refractivity contribution in [3.63, 3.8) is 0 Å². The number of nitrogens with two attached hydrogens (primary N) is 1. The third-order valence-electron chi connectivity index (χ3n) is 2.65. The first kappa shape index (κ1) is 14.5. The molecule has 0 amide bonds. The molecular formula is C14H13BrFNO3. The van der Waals surface area contributed by atoms with Crippen LogP contribution in [0.25, 0.3) is 0 Å². The summed E-state index contributed by atoms with van der Waals surface area (Å²) < 4.78 is 29.8. The number of para-hydroxylation sites is 1. The van der Waals surface area contributed by atoms with Gasteiger partial charge in [0.05, 0.1) is 24.4 Å². The number of hydrogen-bond acceptors (Lipinski definition) is 4. The highest BCUT2D eigenvalue weighted by molar-refractivity contribution is 9.10. The fourth-order valence-electron chi connectivity index (χ4n) is 1.66. The molecular weight excluding hydrogens is 329 g/mol. The van der Waals surface area contributed by atoms with Crippen molar-refractivity contribution in [3.8, 4) is 23.0 Å². The lowest BCUT2D eigenvalue weighted by Crippen LogP contribution is -1.98. The van der Waals surface area contributed by atoms with E-state index in [1.54, 1.807) is 18.2 Å². The highest BCUT2D eigenvalue weighted by Gasteiger charge is 2.15. The Kier molecular flexibility index (Phi) is 4.34. The zero-order valence-electron chi connectivity index (χ0n) is 10.9. The molecule has 2 N–H and O–H groups in total. The van der Waals surface area contributed by atoms with Gasteiger partial charge in [-0.3, -0.25) is 0 Å². The van der Waals surface area contributed by atoms with E-state index in [1.165, 1.54) is 26.4 Å². The van der Waals surface area contributed by atoms with Gasteiger partial charge in [-0.2, -0.15) is 0 Å². The van der Waals surface area contributed by atoms with Crippen LogP contribution in [0.3, 0.4) is 0 Å². The van der Waals surface area contributed by atoms with Gasteiger partial charge < -0.3 is 19.9 Å². The first-order chi connectivity index (χ1) is 9.56. The summed E-state index contributed by atoms with van der Waals surface area (Å²) in [5, 5.41) is 0. The minimum Gasteiger partial charge on any atom is -0.493 e. The molecule has 4 nitrogen and oxygen atoms in total. The maximum Gasteiger partial charge on any atom is 0.211 e. The molecule has 0 spiro atoms. The molecule has 6 heteroatoms. The van der Waals surface area contributed by atoms with Gasteiger partial charge in [0.1, 0.15) is 5.82 Å². The molecule has 0 saturated heterocycles. The topological polar surface area (TPSA) is 53.7 Å². The van der Waals surface area contributed by atoms with Gasteiger partial charge in [0.25, 0.3) is 0 Å². The molecule has 2 aromatic rings. The number of halogens is 2. The summed E-state index contributed by atoms with van der Waals surface area (Å²) in [5.74, 6) is 1.21. The van der Waals surface area contributed by atoms with Gasteiger partial charge in [-0.1, -0.05) is 6.07 Å². The van der Waals surface area contributed by atoms with Crippen LogP contribution in [0.15, 0.2) is 34.8 Å². The van der Waals surface area contributed by atoms with Crippen LogP contribution < -0.4 is 19.9 Å². The molecule has 0 heterocycles. The standard InChI is InChI=1S/C14H13BrFNO3/c1-18-11-4-3-5-12(19-2)14(11)20-13-6-8(15)9(16)7-10(13)17/h3-7H,17H2,1-2H3. The number of nitrogen functional groups attached to an aromatic ring is 1. The Balaban J connectivity index is 2.47. The van der Waals surface area contributed by atoms with Crippen LogP contribution in [0.4, 0.5) is 10.1 Å². The van der Waals surface area contributed by atoms with E-state index in [4.69, 9.17) is 19.9 Å². The van der Waals surface area contributed by atoms with Crippen molar-refractivity contribution >= 4 is 21.6 Å². The summed E-state index contributed by atoms with van der Waals surface area (Å²) >= 11 is 3.09. The lowest BCUT2D eigenvalue weighted by molar-refractivity contribution is 0.346. The second-order valence-corrected chi connectivity index (χ2v) is 4.75. The second-order valence-electron chi connectivity index (χ2n) is 3.90. The van der Waals surface area contributed by atoms with E-state index in [9.17, 15) is 4.39 Å². The van der Waals surface area contributed by atoms with Crippen LogP contribution in [0, 0.1) is 5.82 Å². The van der Waals surface area contributed by atoms with E-state index in [0.717, 1.165) is 0 Å². The molecule has 0 fully saturated rings. The number of methoxy groups -OCH3 is 2. The first-order valence-corrected chi connectivity index (χ1v) is 6.49. The smallest absolute Gasteiger partial charge is 0.211 e. The van der Waals surface area contributed by atoms with Crippen molar-refractivity contribution in [2.24, 2.45) is 0 Å². The zero-order chi connectivity index (χ0) is 14.7. The SMILES string of the molecule is COc1cccc(OC)c1Oc1cc(Br)c(F)cc1N. The van der Waals surface area contributed by atoms with Gasteiger partial charge in [-0.15, -0.1) is 0 Å². The zero-order valence-corrected chi connectivity index (χ0v) is 12.5. The molecule has 0 bridgehead atoms. The molecule has 0 aromatic heterocycles. The summed E-state index contributed by atoms with van der Waals surface area (Å²) in [4.78, 5) is 0. The van der Waals surface area contributed by atoms with Crippen molar-refractivity contribution in [2.75, 3.05) is 20.0 Å². The highest BCUT2D eigenvalue weighted by Crippen LogP contribution is 2.42. The molecule has 0 saturated carbocycles. The summed E-state index contributed by atoms with van der Waals surface area (Å²) in [6.45, 7) is 0. The fourth-order valence-corrected chi connectivity index (χ4v) is 1.98. The molecule has 0 radical (unpaired) electrons. The van der Waals surface area contributed by atoms with Gasteiger partial charge in [-0.05, 0) is 28.1 Å². The quantitative estimate of drug-likeness (QED) is 0.854. The molecule has 0 aliphatic heterocycles. The Bertz CT molecular complexity index is 612. The van der Waals surface area contributed by atoms with E-state index in [2.05, 4.69) is 15.9 Å². The van der Waals surface area contributed by atoms with Crippen LogP contribution in [-0.2, 0) is 0 Å². The van der Waals surface area contributed by atoms with Gasteiger partial charge >= 0.3 is 0 Å². The van der Waals surface area contributed by atoms with Crippen molar-refractivity contribution in [1.29, 1.82) is 0 Å². The average Bonchev–Trinajstić information content (AvgIpc) is 2.44. The lowest BCUT2D eigenvalue weighted by Gasteiger charge is -2.15. The fraction of sp³-hybridized carbons (Fsp3) is 0.143. The van der Waals surface area contributed by atoms with E-state index in [-0.39, 0.29) is 10.2 Å². The van der Waals surface area contributed by atoms with Crippen LogP contribution in [0.2, 0.25) is 0 Å². The molecule has 106 valence electrons. The Morgan fingerprint density at radius 2 is 1.65 bits per heavy atom. The van der Waals surface area contributed by atoms with Gasteiger partial charge in [0.15, 0.2) is 17.2 Å². The van der Waals surface area contributed by atoms with Crippen molar-refractivity contribution in [3.05, 3.63) is 40.6 Å². The molecule has 20 heavy (non-hydrogen) atoms. The Morgan fingerprint density at radius 3 is 2.20 bits per heavy atom. The van der Waals surface area contributed by atoms with Crippen molar-refractivity contribution in [1.82, 2.24) is 0 Å². The van der Waals surface area contributed by atoms with Crippen LogP contribution in [-0.4, -0.2) is 14.2 Å². The van der Waals surface area contributed by atoms with Gasteiger partial charge in [-0.25, -0.2) is 4.39 Å². The maximum absolute atomic E-state index is 13.4. The normalized spacial score (nSPS) is 10.2. The predicted octanol–water partition coefficient (Wildman–Crippen LogP) is 3.98. The number of hydrogen-bond donors (Lipinski definition) is 1. The van der Waals surface area contributed by atoms with Gasteiger partial charge in [0, 0.05) is 12.1 Å². The molecule has 0 unspecified atom stereocenters. The number of ether oxygens (including phenoxy) is 3. The molecule has 0 atom stereocenters. The van der Waals surface area contributed by atoms with E-state index in [0.29, 0.717) is 23.0 Å². The van der Waals surface area contributed by atoms with E-state index in [1.807, 2.05) is 0 Å². The Labute approximate surface area is 124 Å². The van der Waals surface area contributed by atoms with Crippen LogP contribution in [0.1, 0.15) is 0 Å². The highest BCUT2D eigenvalue weighted by atomic mass is 79.9. The summed E-state index contributed by atoms with van der Waals surface area (Å²) in [6.07, 6.45) is 0. The number of anilines is 1. The Morgan fingerprint density at radius 1 is 1.05 bits per heavy atom. The number of rotatable bonds is 4. The molecule has 2 rings (SSSR count). The molecule has 0 aliphatic rings. The minimum absolute atomic E-state index is 0.179. The third-order valence-corrected chi connectivity index (χ3v) is 3.26. The second kappa shape index (κ2) is 6.00. The maximum atomic E-state index is 13.4. The monoisotopic (exact) mass is 341 g/mol. The van der Waals surface area contributed by atoms with Crippen LogP contribution >= 0.6 is 15.9 Å². The summed E-state index contributed by atoms with van der Waals surface area (Å²) in [7, 11) is 3.04. The van der Waals surface area contributed by atoms with Crippen molar-refractivity contribution in [2.45, 2.75) is 0 Å². The predicted molar refractivity (Wildman–Crippen MR) is 78.1 cm³/mol. The summed E-state index contributed by atoms with van der Waals surface area (Å²) in [5.41, 5.74) is 5.93. The number of benzene rings is 2. The van der Waals surface area contributed by atoms with E-state index < -0.39 is 5.82 Å². The third kappa shape index (κ3) is 2.80. The average molecular weight is 342 g/mol. The lowest BCUT2D eigenvalue weighted by atomic mass is 10.2.